The van der Waals surface area contributed by atoms with Gasteiger partial charge < -0.3 is 20.0 Å². The summed E-state index contributed by atoms with van der Waals surface area (Å²) in [4.78, 5) is 35.3. The van der Waals surface area contributed by atoms with Crippen molar-refractivity contribution in [3.8, 4) is 0 Å². The first-order valence-corrected chi connectivity index (χ1v) is 7.42. The van der Waals surface area contributed by atoms with Gasteiger partial charge in [0.2, 0.25) is 5.91 Å². The SMILES string of the molecule is O=C1CC(C(=O)Nc2ccccc2C(=O)[O-])C(c2ccccc2)O1. The van der Waals surface area contributed by atoms with Gasteiger partial charge in [-0.2, -0.15) is 0 Å². The Hall–Kier alpha value is -3.15. The van der Waals surface area contributed by atoms with Crippen LogP contribution < -0.4 is 10.4 Å². The van der Waals surface area contributed by atoms with Crippen LogP contribution in [0.3, 0.4) is 0 Å². The largest absolute Gasteiger partial charge is 0.545 e. The molecule has 1 aliphatic heterocycles. The number of aromatic carboxylic acids is 1. The molecule has 6 nitrogen and oxygen atoms in total. The second-order valence-electron chi connectivity index (χ2n) is 5.45. The first kappa shape index (κ1) is 15.7. The van der Waals surface area contributed by atoms with Gasteiger partial charge in [-0.1, -0.05) is 48.5 Å². The fraction of sp³-hybridized carbons (Fsp3) is 0.167. The molecule has 0 bridgehead atoms. The van der Waals surface area contributed by atoms with Gasteiger partial charge in [-0.3, -0.25) is 9.59 Å². The topological polar surface area (TPSA) is 95.5 Å². The maximum atomic E-state index is 12.6. The number of nitrogens with one attached hydrogen (secondary N) is 1. The van der Waals surface area contributed by atoms with Crippen LogP contribution in [0, 0.1) is 5.92 Å². The van der Waals surface area contributed by atoms with E-state index in [1.807, 2.05) is 6.07 Å². The normalized spacial score (nSPS) is 19.6. The number of carbonyl (C=O) groups excluding carboxylic acids is 3. The summed E-state index contributed by atoms with van der Waals surface area (Å²) in [5, 5.41) is 13.7. The van der Waals surface area contributed by atoms with E-state index in [1.165, 1.54) is 18.2 Å². The van der Waals surface area contributed by atoms with Crippen molar-refractivity contribution in [2.24, 2.45) is 5.92 Å². The third kappa shape index (κ3) is 3.12. The van der Waals surface area contributed by atoms with Crippen molar-refractivity contribution in [2.45, 2.75) is 12.5 Å². The van der Waals surface area contributed by atoms with Crippen molar-refractivity contribution >= 4 is 23.5 Å². The molecule has 1 N–H and O–H groups in total. The molecule has 0 aliphatic carbocycles. The summed E-state index contributed by atoms with van der Waals surface area (Å²) in [6, 6.07) is 14.9. The van der Waals surface area contributed by atoms with Crippen molar-refractivity contribution in [1.29, 1.82) is 0 Å². The Kier molecular flexibility index (Phi) is 4.29. The summed E-state index contributed by atoms with van der Waals surface area (Å²) in [7, 11) is 0. The summed E-state index contributed by atoms with van der Waals surface area (Å²) >= 11 is 0. The highest BCUT2D eigenvalue weighted by Gasteiger charge is 2.40. The number of para-hydroxylation sites is 1. The molecular formula is C18H14NO5-. The van der Waals surface area contributed by atoms with E-state index in [9.17, 15) is 19.5 Å². The van der Waals surface area contributed by atoms with Gasteiger partial charge in [0.05, 0.1) is 18.3 Å². The predicted octanol–water partition coefficient (Wildman–Crippen LogP) is 1.29. The molecule has 1 amide bonds. The fourth-order valence-corrected chi connectivity index (χ4v) is 2.73. The molecule has 2 aromatic carbocycles. The molecule has 2 unspecified atom stereocenters. The van der Waals surface area contributed by atoms with E-state index in [0.717, 1.165) is 5.56 Å². The minimum absolute atomic E-state index is 0.0567. The molecular weight excluding hydrogens is 310 g/mol. The third-order valence-corrected chi connectivity index (χ3v) is 3.88. The lowest BCUT2D eigenvalue weighted by Gasteiger charge is -2.19. The third-order valence-electron chi connectivity index (χ3n) is 3.88. The molecule has 0 radical (unpaired) electrons. The predicted molar refractivity (Wildman–Crippen MR) is 82.8 cm³/mol. The Labute approximate surface area is 138 Å². The highest BCUT2D eigenvalue weighted by Crippen LogP contribution is 2.36. The number of hydrogen-bond donors (Lipinski definition) is 1. The molecule has 2 aromatic rings. The highest BCUT2D eigenvalue weighted by atomic mass is 16.6. The average molecular weight is 324 g/mol. The number of hydrogen-bond acceptors (Lipinski definition) is 5. The number of benzene rings is 2. The maximum Gasteiger partial charge on any atom is 0.307 e. The Morgan fingerprint density at radius 1 is 1.04 bits per heavy atom. The van der Waals surface area contributed by atoms with Crippen molar-refractivity contribution in [3.63, 3.8) is 0 Å². The number of carbonyl (C=O) groups is 3. The standard InChI is InChI=1S/C18H15NO5/c20-15-10-13(16(24-15)11-6-2-1-3-7-11)17(21)19-14-9-5-4-8-12(14)18(22)23/h1-9,13,16H,10H2,(H,19,21)(H,22,23)/p-1. The van der Waals surface area contributed by atoms with E-state index in [2.05, 4.69) is 5.32 Å². The highest BCUT2D eigenvalue weighted by molar-refractivity contribution is 6.02. The Balaban J connectivity index is 1.84. The summed E-state index contributed by atoms with van der Waals surface area (Å²) in [6.07, 6.45) is -0.743. The molecule has 6 heteroatoms. The van der Waals surface area contributed by atoms with E-state index in [4.69, 9.17) is 4.74 Å². The van der Waals surface area contributed by atoms with E-state index >= 15 is 0 Å². The van der Waals surface area contributed by atoms with Crippen LogP contribution in [0.2, 0.25) is 0 Å². The number of amides is 1. The van der Waals surface area contributed by atoms with Gasteiger partial charge in [-0.15, -0.1) is 0 Å². The fourth-order valence-electron chi connectivity index (χ4n) is 2.73. The second kappa shape index (κ2) is 6.54. The number of anilines is 1. The van der Waals surface area contributed by atoms with Gasteiger partial charge in [0.15, 0.2) is 0 Å². The molecule has 24 heavy (non-hydrogen) atoms. The molecule has 2 atom stereocenters. The van der Waals surface area contributed by atoms with Crippen LogP contribution in [0.25, 0.3) is 0 Å². The zero-order valence-electron chi connectivity index (χ0n) is 12.6. The van der Waals surface area contributed by atoms with Crippen LogP contribution >= 0.6 is 0 Å². The number of cyclic esters (lactones) is 1. The van der Waals surface area contributed by atoms with Crippen molar-refractivity contribution in [1.82, 2.24) is 0 Å². The van der Waals surface area contributed by atoms with Crippen molar-refractivity contribution < 1.29 is 24.2 Å². The zero-order valence-corrected chi connectivity index (χ0v) is 12.6. The molecule has 1 saturated heterocycles. The van der Waals surface area contributed by atoms with Gasteiger partial charge in [0.25, 0.3) is 0 Å². The number of carboxylic acids is 1. The number of carboxylic acid groups (broad SMARTS) is 1. The molecule has 0 aromatic heterocycles. The van der Waals surface area contributed by atoms with Gasteiger partial charge >= 0.3 is 5.97 Å². The molecule has 0 spiro atoms. The lowest BCUT2D eigenvalue weighted by molar-refractivity contribution is -0.254. The van der Waals surface area contributed by atoms with Crippen LogP contribution in [0.1, 0.15) is 28.4 Å². The summed E-state index contributed by atoms with van der Waals surface area (Å²) in [6.45, 7) is 0. The quantitative estimate of drug-likeness (QED) is 0.855. The Bertz CT molecular complexity index is 787. The smallest absolute Gasteiger partial charge is 0.307 e. The van der Waals surface area contributed by atoms with Gasteiger partial charge in [0, 0.05) is 11.3 Å². The first-order valence-electron chi connectivity index (χ1n) is 7.42. The minimum Gasteiger partial charge on any atom is -0.545 e. The summed E-state index contributed by atoms with van der Waals surface area (Å²) < 4.78 is 5.27. The van der Waals surface area contributed by atoms with Crippen LogP contribution in [-0.4, -0.2) is 17.8 Å². The molecule has 0 saturated carbocycles. The van der Waals surface area contributed by atoms with Crippen LogP contribution in [-0.2, 0) is 14.3 Å². The zero-order chi connectivity index (χ0) is 17.1. The van der Waals surface area contributed by atoms with Crippen LogP contribution in [0.5, 0.6) is 0 Å². The van der Waals surface area contributed by atoms with Gasteiger partial charge in [-0.25, -0.2) is 0 Å². The van der Waals surface area contributed by atoms with Crippen LogP contribution in [0.4, 0.5) is 5.69 Å². The van der Waals surface area contributed by atoms with Gasteiger partial charge in [-0.05, 0) is 11.6 Å². The van der Waals surface area contributed by atoms with E-state index in [-0.39, 0.29) is 17.7 Å². The van der Waals surface area contributed by atoms with Gasteiger partial charge in [0.1, 0.15) is 6.10 Å². The number of ether oxygens (including phenoxy) is 1. The van der Waals surface area contributed by atoms with Crippen molar-refractivity contribution in [2.75, 3.05) is 5.32 Å². The average Bonchev–Trinajstić information content (AvgIpc) is 2.98. The molecule has 1 fully saturated rings. The van der Waals surface area contributed by atoms with Crippen molar-refractivity contribution in [3.05, 3.63) is 65.7 Å². The Morgan fingerprint density at radius 2 is 1.71 bits per heavy atom. The molecule has 1 aliphatic rings. The lowest BCUT2D eigenvalue weighted by Crippen LogP contribution is -2.28. The molecule has 1 heterocycles. The van der Waals surface area contributed by atoms with Crippen LogP contribution in [0.15, 0.2) is 54.6 Å². The second-order valence-corrected chi connectivity index (χ2v) is 5.45. The minimum atomic E-state index is -1.38. The lowest BCUT2D eigenvalue weighted by atomic mass is 9.94. The molecule has 122 valence electrons. The number of rotatable bonds is 4. The summed E-state index contributed by atoms with van der Waals surface area (Å²) in [5.41, 5.74) is 0.734. The molecule has 3 rings (SSSR count). The number of esters is 1. The van der Waals surface area contributed by atoms with E-state index in [0.29, 0.717) is 0 Å². The van der Waals surface area contributed by atoms with E-state index in [1.54, 1.807) is 30.3 Å². The maximum absolute atomic E-state index is 12.6. The summed E-state index contributed by atoms with van der Waals surface area (Å²) in [5.74, 6) is -3.04. The van der Waals surface area contributed by atoms with E-state index < -0.39 is 29.9 Å². The monoisotopic (exact) mass is 324 g/mol. The first-order chi connectivity index (χ1) is 11.6. The Morgan fingerprint density at radius 3 is 2.42 bits per heavy atom.